The first-order chi connectivity index (χ1) is 9.02. The van der Waals surface area contributed by atoms with Crippen molar-refractivity contribution in [1.29, 1.82) is 0 Å². The highest BCUT2D eigenvalue weighted by Crippen LogP contribution is 2.21. The van der Waals surface area contributed by atoms with Gasteiger partial charge in [0.2, 0.25) is 0 Å². The number of fused-ring (bicyclic) bond motifs is 1. The van der Waals surface area contributed by atoms with Crippen LogP contribution in [0, 0.1) is 12.7 Å². The molecule has 104 valence electrons. The molecule has 0 aliphatic rings. The maximum absolute atomic E-state index is 13.6. The van der Waals surface area contributed by atoms with E-state index in [2.05, 4.69) is 4.98 Å². The van der Waals surface area contributed by atoms with Gasteiger partial charge in [-0.15, -0.1) is 11.6 Å². The summed E-state index contributed by atoms with van der Waals surface area (Å²) in [6.45, 7) is 2.34. The van der Waals surface area contributed by atoms with E-state index in [4.69, 9.17) is 11.6 Å². The Balaban J connectivity index is 2.51. The minimum Gasteiger partial charge on any atom is -0.327 e. The van der Waals surface area contributed by atoms with Gasteiger partial charge >= 0.3 is 0 Å². The molecule has 2 rings (SSSR count). The molecule has 2 aromatic rings. The van der Waals surface area contributed by atoms with Crippen molar-refractivity contribution in [2.45, 2.75) is 19.9 Å². The van der Waals surface area contributed by atoms with E-state index in [-0.39, 0.29) is 5.82 Å². The number of imidazole rings is 1. The van der Waals surface area contributed by atoms with Crippen LogP contribution in [0.3, 0.4) is 0 Å². The Morgan fingerprint density at radius 1 is 1.47 bits per heavy atom. The number of nitrogens with zero attached hydrogens (tertiary/aromatic N) is 2. The number of alkyl halides is 1. The lowest BCUT2D eigenvalue weighted by Crippen LogP contribution is -2.10. The van der Waals surface area contributed by atoms with Crippen molar-refractivity contribution < 1.29 is 8.60 Å². The standard InChI is InChI=1S/C13H16ClFN2OS/c1-9-7-12-11(8-10(9)15)16-13(3-4-14)17(12)5-6-19(2)18/h7-8H,3-6H2,1-2H3. The van der Waals surface area contributed by atoms with E-state index in [1.807, 2.05) is 4.57 Å². The second-order valence-electron chi connectivity index (χ2n) is 4.49. The molecule has 1 heterocycles. The van der Waals surface area contributed by atoms with Gasteiger partial charge in [0.25, 0.3) is 0 Å². The second kappa shape index (κ2) is 6.01. The molecule has 1 atom stereocenters. The van der Waals surface area contributed by atoms with Crippen LogP contribution in [0.2, 0.25) is 0 Å². The predicted molar refractivity (Wildman–Crippen MR) is 77.8 cm³/mol. The van der Waals surface area contributed by atoms with Crippen LogP contribution in [0.25, 0.3) is 11.0 Å². The minimum atomic E-state index is -0.871. The third kappa shape index (κ3) is 3.15. The van der Waals surface area contributed by atoms with E-state index in [0.29, 0.717) is 35.7 Å². The number of benzene rings is 1. The first-order valence-corrected chi connectivity index (χ1v) is 8.30. The number of rotatable bonds is 5. The van der Waals surface area contributed by atoms with E-state index in [1.54, 1.807) is 19.2 Å². The highest BCUT2D eigenvalue weighted by molar-refractivity contribution is 7.84. The summed E-state index contributed by atoms with van der Waals surface area (Å²) in [4.78, 5) is 4.42. The van der Waals surface area contributed by atoms with Crippen molar-refractivity contribution in [3.05, 3.63) is 29.3 Å². The summed E-state index contributed by atoms with van der Waals surface area (Å²) >= 11 is 5.77. The smallest absolute Gasteiger partial charge is 0.128 e. The lowest BCUT2D eigenvalue weighted by molar-refractivity contribution is 0.620. The lowest BCUT2D eigenvalue weighted by Gasteiger charge is -2.07. The highest BCUT2D eigenvalue weighted by atomic mass is 35.5. The number of aryl methyl sites for hydroxylation is 3. The minimum absolute atomic E-state index is 0.256. The quantitative estimate of drug-likeness (QED) is 0.796. The fourth-order valence-corrected chi connectivity index (χ4v) is 2.65. The molecular formula is C13H16ClFN2OS. The molecule has 1 aromatic heterocycles. The first-order valence-electron chi connectivity index (χ1n) is 6.04. The number of aromatic nitrogens is 2. The van der Waals surface area contributed by atoms with Gasteiger partial charge in [0.05, 0.1) is 11.0 Å². The molecule has 0 saturated heterocycles. The Labute approximate surface area is 119 Å². The van der Waals surface area contributed by atoms with Crippen LogP contribution in [0.5, 0.6) is 0 Å². The molecular weight excluding hydrogens is 287 g/mol. The molecule has 0 aliphatic heterocycles. The van der Waals surface area contributed by atoms with Crippen LogP contribution in [0.15, 0.2) is 12.1 Å². The van der Waals surface area contributed by atoms with E-state index in [0.717, 1.165) is 11.3 Å². The van der Waals surface area contributed by atoms with Crippen molar-refractivity contribution in [2.24, 2.45) is 0 Å². The first kappa shape index (κ1) is 14.5. The third-order valence-corrected chi connectivity index (χ3v) is 3.97. The molecule has 1 unspecified atom stereocenters. The maximum Gasteiger partial charge on any atom is 0.128 e. The highest BCUT2D eigenvalue weighted by Gasteiger charge is 2.12. The summed E-state index contributed by atoms with van der Waals surface area (Å²) in [7, 11) is -0.871. The fraction of sp³-hybridized carbons (Fsp3) is 0.462. The van der Waals surface area contributed by atoms with Crippen LogP contribution in [-0.4, -0.2) is 31.6 Å². The maximum atomic E-state index is 13.6. The van der Waals surface area contributed by atoms with E-state index < -0.39 is 10.8 Å². The Morgan fingerprint density at radius 2 is 2.21 bits per heavy atom. The van der Waals surface area contributed by atoms with Crippen molar-refractivity contribution in [1.82, 2.24) is 9.55 Å². The molecule has 0 aliphatic carbocycles. The second-order valence-corrected chi connectivity index (χ2v) is 6.42. The summed E-state index contributed by atoms with van der Waals surface area (Å²) in [5.41, 5.74) is 2.10. The predicted octanol–water partition coefficient (Wildman–Crippen LogP) is 2.64. The summed E-state index contributed by atoms with van der Waals surface area (Å²) < 4.78 is 26.8. The molecule has 0 radical (unpaired) electrons. The van der Waals surface area contributed by atoms with E-state index in [9.17, 15) is 8.60 Å². The van der Waals surface area contributed by atoms with Gasteiger partial charge in [-0.25, -0.2) is 9.37 Å². The summed E-state index contributed by atoms with van der Waals surface area (Å²) in [6.07, 6.45) is 2.29. The van der Waals surface area contributed by atoms with Gasteiger partial charge in [0.15, 0.2) is 0 Å². The van der Waals surface area contributed by atoms with Crippen LogP contribution in [-0.2, 0) is 23.8 Å². The van der Waals surface area contributed by atoms with Gasteiger partial charge in [0.1, 0.15) is 11.6 Å². The molecule has 0 spiro atoms. The van der Waals surface area contributed by atoms with Crippen LogP contribution < -0.4 is 0 Å². The topological polar surface area (TPSA) is 34.9 Å². The Bertz CT molecular complexity index is 627. The van der Waals surface area contributed by atoms with Crippen molar-refractivity contribution in [3.8, 4) is 0 Å². The molecule has 0 fully saturated rings. The third-order valence-electron chi connectivity index (χ3n) is 3.03. The zero-order valence-electron chi connectivity index (χ0n) is 10.9. The largest absolute Gasteiger partial charge is 0.327 e. The van der Waals surface area contributed by atoms with Crippen LogP contribution in [0.1, 0.15) is 11.4 Å². The molecule has 6 heteroatoms. The van der Waals surface area contributed by atoms with E-state index >= 15 is 0 Å². The van der Waals surface area contributed by atoms with Crippen molar-refractivity contribution in [3.63, 3.8) is 0 Å². The molecule has 19 heavy (non-hydrogen) atoms. The Morgan fingerprint density at radius 3 is 2.84 bits per heavy atom. The van der Waals surface area contributed by atoms with E-state index in [1.165, 1.54) is 6.07 Å². The Kier molecular flexibility index (Phi) is 4.58. The van der Waals surface area contributed by atoms with Gasteiger partial charge in [-0.05, 0) is 18.6 Å². The number of hydrogen-bond donors (Lipinski definition) is 0. The van der Waals surface area contributed by atoms with Crippen LogP contribution >= 0.6 is 11.6 Å². The zero-order valence-corrected chi connectivity index (χ0v) is 12.5. The average Bonchev–Trinajstić information content (AvgIpc) is 2.65. The average molecular weight is 303 g/mol. The molecule has 1 aromatic carbocycles. The lowest BCUT2D eigenvalue weighted by atomic mass is 10.2. The van der Waals surface area contributed by atoms with Gasteiger partial charge in [0, 0.05) is 47.7 Å². The summed E-state index contributed by atoms with van der Waals surface area (Å²) in [5.74, 6) is 1.58. The zero-order chi connectivity index (χ0) is 14.0. The normalized spacial score (nSPS) is 13.1. The SMILES string of the molecule is Cc1cc2c(cc1F)nc(CCCl)n2CCS(C)=O. The molecule has 0 bridgehead atoms. The molecule has 0 amide bonds. The van der Waals surface area contributed by atoms with Crippen molar-refractivity contribution >= 4 is 33.4 Å². The number of halogens is 2. The molecule has 0 N–H and O–H groups in total. The number of hydrogen-bond acceptors (Lipinski definition) is 2. The van der Waals surface area contributed by atoms with Gasteiger partial charge in [-0.2, -0.15) is 0 Å². The van der Waals surface area contributed by atoms with Gasteiger partial charge < -0.3 is 4.57 Å². The fourth-order valence-electron chi connectivity index (χ4n) is 2.04. The Hall–Kier alpha value is -0.940. The monoisotopic (exact) mass is 302 g/mol. The van der Waals surface area contributed by atoms with Crippen LogP contribution in [0.4, 0.5) is 4.39 Å². The summed E-state index contributed by atoms with van der Waals surface area (Å²) in [5, 5.41) is 0. The molecule has 3 nitrogen and oxygen atoms in total. The molecule has 0 saturated carbocycles. The van der Waals surface area contributed by atoms with Gasteiger partial charge in [-0.3, -0.25) is 4.21 Å². The van der Waals surface area contributed by atoms with Gasteiger partial charge in [-0.1, -0.05) is 0 Å². The summed E-state index contributed by atoms with van der Waals surface area (Å²) in [6, 6.07) is 3.23. The van der Waals surface area contributed by atoms with Crippen molar-refractivity contribution in [2.75, 3.05) is 17.9 Å².